The fraction of sp³-hybridized carbons (Fsp3) is 0.0667. The zero-order chi connectivity index (χ0) is 17.1. The van der Waals surface area contributed by atoms with Crippen molar-refractivity contribution in [3.8, 4) is 0 Å². The van der Waals surface area contributed by atoms with E-state index in [2.05, 4.69) is 16.0 Å². The predicted octanol–water partition coefficient (Wildman–Crippen LogP) is 0.611. The fourth-order valence-electron chi connectivity index (χ4n) is 2.09. The maximum Gasteiger partial charge on any atom is 0.350 e. The minimum atomic E-state index is -0.596. The van der Waals surface area contributed by atoms with E-state index in [9.17, 15) is 14.4 Å². The summed E-state index contributed by atoms with van der Waals surface area (Å²) in [5.41, 5.74) is 4.67. The first-order valence-electron chi connectivity index (χ1n) is 6.94. The van der Waals surface area contributed by atoms with E-state index in [1.54, 1.807) is 42.6 Å². The van der Waals surface area contributed by atoms with Crippen LogP contribution in [0.4, 0.5) is 0 Å². The molecule has 3 aromatic rings. The number of amides is 2. The number of benzene rings is 1. The molecule has 2 amide bonds. The Morgan fingerprint density at radius 2 is 1.83 bits per heavy atom. The van der Waals surface area contributed by atoms with Crippen molar-refractivity contribution in [1.82, 2.24) is 25.0 Å². The molecule has 0 spiro atoms. The van der Waals surface area contributed by atoms with Gasteiger partial charge in [-0.1, -0.05) is 29.8 Å². The Labute approximate surface area is 140 Å². The molecule has 1 aromatic carbocycles. The van der Waals surface area contributed by atoms with Gasteiger partial charge in [0.05, 0.1) is 10.6 Å². The number of fused-ring (bicyclic) bond motifs is 1. The van der Waals surface area contributed by atoms with Gasteiger partial charge in [0.2, 0.25) is 0 Å². The predicted molar refractivity (Wildman–Crippen MR) is 86.5 cm³/mol. The molecule has 0 aliphatic carbocycles. The van der Waals surface area contributed by atoms with Crippen LogP contribution in [0.25, 0.3) is 5.65 Å². The van der Waals surface area contributed by atoms with Gasteiger partial charge in [-0.25, -0.2) is 9.48 Å². The van der Waals surface area contributed by atoms with Gasteiger partial charge < -0.3 is 0 Å². The molecule has 0 aliphatic rings. The van der Waals surface area contributed by atoms with Crippen LogP contribution in [0.15, 0.2) is 53.5 Å². The van der Waals surface area contributed by atoms with Crippen molar-refractivity contribution in [2.45, 2.75) is 6.54 Å². The van der Waals surface area contributed by atoms with Crippen LogP contribution in [0.1, 0.15) is 10.4 Å². The number of hydrazine groups is 1. The molecule has 24 heavy (non-hydrogen) atoms. The molecular weight excluding hydrogens is 334 g/mol. The molecule has 0 saturated heterocycles. The van der Waals surface area contributed by atoms with Crippen LogP contribution in [-0.4, -0.2) is 26.0 Å². The van der Waals surface area contributed by atoms with Crippen LogP contribution < -0.4 is 16.5 Å². The summed E-state index contributed by atoms with van der Waals surface area (Å²) in [7, 11) is 0. The first-order valence-corrected chi connectivity index (χ1v) is 7.32. The number of rotatable bonds is 3. The van der Waals surface area contributed by atoms with E-state index in [4.69, 9.17) is 11.6 Å². The van der Waals surface area contributed by atoms with Crippen molar-refractivity contribution in [3.63, 3.8) is 0 Å². The Balaban J connectivity index is 1.65. The number of carbonyl (C=O) groups excluding carboxylic acids is 2. The van der Waals surface area contributed by atoms with Crippen molar-refractivity contribution < 1.29 is 9.59 Å². The second kappa shape index (κ2) is 6.55. The molecule has 0 radical (unpaired) electrons. The zero-order valence-corrected chi connectivity index (χ0v) is 13.0. The SMILES string of the molecule is O=C(Cn1nc2ccccn2c1=O)NNC(=O)c1ccccc1Cl. The lowest BCUT2D eigenvalue weighted by Gasteiger charge is -2.07. The highest BCUT2D eigenvalue weighted by atomic mass is 35.5. The third kappa shape index (κ3) is 3.13. The molecular formula is C15H12ClN5O3. The van der Waals surface area contributed by atoms with Gasteiger partial charge in [-0.05, 0) is 24.3 Å². The standard InChI is InChI=1S/C15H12ClN5O3/c16-11-6-2-1-5-10(11)14(23)18-17-13(22)9-21-15(24)20-8-4-3-7-12(20)19-21/h1-8H,9H2,(H,17,22)(H,18,23). The molecule has 0 bridgehead atoms. The highest BCUT2D eigenvalue weighted by molar-refractivity contribution is 6.33. The first-order chi connectivity index (χ1) is 11.6. The largest absolute Gasteiger partial charge is 0.350 e. The third-order valence-corrected chi connectivity index (χ3v) is 3.55. The summed E-state index contributed by atoms with van der Waals surface area (Å²) < 4.78 is 2.32. The molecule has 0 fully saturated rings. The van der Waals surface area contributed by atoms with Crippen molar-refractivity contribution in [2.75, 3.05) is 0 Å². The van der Waals surface area contributed by atoms with E-state index in [1.807, 2.05) is 0 Å². The summed E-state index contributed by atoms with van der Waals surface area (Å²) in [5.74, 6) is -1.16. The molecule has 0 unspecified atom stereocenters. The van der Waals surface area contributed by atoms with Crippen LogP contribution in [0, 0.1) is 0 Å². The Hall–Kier alpha value is -3.13. The van der Waals surface area contributed by atoms with Gasteiger partial charge in [0, 0.05) is 6.20 Å². The van der Waals surface area contributed by atoms with Gasteiger partial charge in [-0.3, -0.25) is 24.8 Å². The van der Waals surface area contributed by atoms with Crippen molar-refractivity contribution >= 4 is 29.1 Å². The molecule has 2 aromatic heterocycles. The normalized spacial score (nSPS) is 10.5. The summed E-state index contributed by atoms with van der Waals surface area (Å²) >= 11 is 5.90. The van der Waals surface area contributed by atoms with Gasteiger partial charge >= 0.3 is 5.69 Å². The maximum absolute atomic E-state index is 12.0. The van der Waals surface area contributed by atoms with Crippen molar-refractivity contribution in [1.29, 1.82) is 0 Å². The number of aromatic nitrogens is 3. The number of hydrogen-bond acceptors (Lipinski definition) is 4. The number of halogens is 1. The van der Waals surface area contributed by atoms with E-state index in [0.717, 1.165) is 4.68 Å². The summed E-state index contributed by atoms with van der Waals surface area (Å²) in [6, 6.07) is 11.5. The second-order valence-electron chi connectivity index (χ2n) is 4.85. The Bertz CT molecular complexity index is 978. The van der Waals surface area contributed by atoms with E-state index in [-0.39, 0.29) is 17.1 Å². The summed E-state index contributed by atoms with van der Waals surface area (Å²) in [4.78, 5) is 35.9. The fourth-order valence-corrected chi connectivity index (χ4v) is 2.31. The van der Waals surface area contributed by atoms with Crippen LogP contribution in [0.5, 0.6) is 0 Å². The molecule has 2 N–H and O–H groups in total. The molecule has 0 aliphatic heterocycles. The highest BCUT2D eigenvalue weighted by Gasteiger charge is 2.13. The van der Waals surface area contributed by atoms with E-state index in [1.165, 1.54) is 10.5 Å². The summed E-state index contributed by atoms with van der Waals surface area (Å²) in [5, 5.41) is 4.29. The van der Waals surface area contributed by atoms with Gasteiger partial charge in [0.25, 0.3) is 11.8 Å². The average molecular weight is 346 g/mol. The van der Waals surface area contributed by atoms with E-state index < -0.39 is 17.5 Å². The lowest BCUT2D eigenvalue weighted by atomic mass is 10.2. The number of carbonyl (C=O) groups is 2. The minimum Gasteiger partial charge on any atom is -0.271 e. The van der Waals surface area contributed by atoms with Crippen LogP contribution in [-0.2, 0) is 11.3 Å². The highest BCUT2D eigenvalue weighted by Crippen LogP contribution is 2.13. The molecule has 9 heteroatoms. The van der Waals surface area contributed by atoms with E-state index >= 15 is 0 Å². The van der Waals surface area contributed by atoms with Gasteiger partial charge in [0.15, 0.2) is 5.65 Å². The quantitative estimate of drug-likeness (QED) is 0.680. The number of nitrogens with zero attached hydrogens (tertiary/aromatic N) is 3. The number of hydrogen-bond donors (Lipinski definition) is 2. The van der Waals surface area contributed by atoms with Crippen molar-refractivity contribution in [3.05, 3.63) is 69.7 Å². The lowest BCUT2D eigenvalue weighted by molar-refractivity contribution is -0.122. The minimum absolute atomic E-state index is 0.226. The lowest BCUT2D eigenvalue weighted by Crippen LogP contribution is -2.44. The van der Waals surface area contributed by atoms with Gasteiger partial charge in [0.1, 0.15) is 6.54 Å². The molecule has 3 rings (SSSR count). The zero-order valence-electron chi connectivity index (χ0n) is 12.3. The maximum atomic E-state index is 12.0. The molecule has 2 heterocycles. The monoisotopic (exact) mass is 345 g/mol. The van der Waals surface area contributed by atoms with Crippen LogP contribution >= 0.6 is 11.6 Å². The summed E-state index contributed by atoms with van der Waals surface area (Å²) in [6.07, 6.45) is 1.55. The molecule has 122 valence electrons. The first kappa shape index (κ1) is 15.8. The Kier molecular flexibility index (Phi) is 4.30. The Morgan fingerprint density at radius 3 is 2.58 bits per heavy atom. The summed E-state index contributed by atoms with van der Waals surface area (Å²) in [6.45, 7) is -0.330. The van der Waals surface area contributed by atoms with E-state index in [0.29, 0.717) is 5.65 Å². The van der Waals surface area contributed by atoms with Crippen LogP contribution in [0.3, 0.4) is 0 Å². The van der Waals surface area contributed by atoms with Crippen LogP contribution in [0.2, 0.25) is 5.02 Å². The molecule has 8 nitrogen and oxygen atoms in total. The molecule has 0 saturated carbocycles. The smallest absolute Gasteiger partial charge is 0.271 e. The Morgan fingerprint density at radius 1 is 1.08 bits per heavy atom. The average Bonchev–Trinajstić information content (AvgIpc) is 2.89. The van der Waals surface area contributed by atoms with Crippen molar-refractivity contribution in [2.24, 2.45) is 0 Å². The molecule has 0 atom stereocenters. The van der Waals surface area contributed by atoms with Gasteiger partial charge in [-0.15, -0.1) is 5.10 Å². The number of pyridine rings is 1. The number of nitrogens with one attached hydrogen (secondary N) is 2. The second-order valence-corrected chi connectivity index (χ2v) is 5.26. The topological polar surface area (TPSA) is 97.5 Å². The van der Waals surface area contributed by atoms with Gasteiger partial charge in [-0.2, -0.15) is 0 Å². The third-order valence-electron chi connectivity index (χ3n) is 3.22.